The zero-order chi connectivity index (χ0) is 23.4. The number of rotatable bonds is 4. The molecule has 2 N–H and O–H groups in total. The number of aromatic nitrogens is 3. The van der Waals surface area contributed by atoms with Crippen molar-refractivity contribution >= 4 is 40.8 Å². The first kappa shape index (κ1) is 22.6. The number of piperazine rings is 1. The number of carbonyl (C=O) groups is 1. The lowest BCUT2D eigenvalue weighted by Crippen LogP contribution is -2.50. The van der Waals surface area contributed by atoms with Crippen molar-refractivity contribution in [3.63, 3.8) is 0 Å². The van der Waals surface area contributed by atoms with Crippen LogP contribution in [0.15, 0.2) is 54.7 Å². The summed E-state index contributed by atoms with van der Waals surface area (Å²) in [6.07, 6.45) is -2.86. The van der Waals surface area contributed by atoms with Crippen LogP contribution in [0.3, 0.4) is 0 Å². The van der Waals surface area contributed by atoms with Gasteiger partial charge in [0.2, 0.25) is 0 Å². The molecule has 0 atom stereocenters. The van der Waals surface area contributed by atoms with Crippen LogP contribution in [0, 0.1) is 0 Å². The van der Waals surface area contributed by atoms with E-state index in [1.807, 2.05) is 29.2 Å². The molecule has 0 bridgehead atoms. The second kappa shape index (κ2) is 9.49. The maximum absolute atomic E-state index is 12.9. The molecule has 8 nitrogen and oxygen atoms in total. The van der Waals surface area contributed by atoms with Gasteiger partial charge in [-0.25, -0.2) is 9.78 Å². The van der Waals surface area contributed by atoms with Gasteiger partial charge < -0.3 is 20.4 Å². The van der Waals surface area contributed by atoms with Gasteiger partial charge in [0.1, 0.15) is 5.82 Å². The highest BCUT2D eigenvalue weighted by molar-refractivity contribution is 6.33. The zero-order valence-electron chi connectivity index (χ0n) is 17.2. The minimum atomic E-state index is -4.53. The van der Waals surface area contributed by atoms with Gasteiger partial charge in [-0.3, -0.25) is 0 Å². The summed E-state index contributed by atoms with van der Waals surface area (Å²) >= 11 is 5.96. The number of nitrogens with one attached hydrogen (secondary N) is 2. The van der Waals surface area contributed by atoms with Crippen molar-refractivity contribution in [1.82, 2.24) is 20.1 Å². The molecule has 0 spiro atoms. The monoisotopic (exact) mass is 477 g/mol. The molecule has 1 saturated heterocycles. The molecule has 0 radical (unpaired) electrons. The smallest absolute Gasteiger partial charge is 0.352 e. The van der Waals surface area contributed by atoms with Crippen molar-refractivity contribution in [2.45, 2.75) is 6.18 Å². The van der Waals surface area contributed by atoms with Crippen molar-refractivity contribution < 1.29 is 18.0 Å². The summed E-state index contributed by atoms with van der Waals surface area (Å²) in [5, 5.41) is 13.9. The number of benzene rings is 1. The normalized spacial score (nSPS) is 14.2. The van der Waals surface area contributed by atoms with E-state index in [0.29, 0.717) is 43.6 Å². The highest BCUT2D eigenvalue weighted by Gasteiger charge is 2.31. The Morgan fingerprint density at radius 1 is 0.970 bits per heavy atom. The van der Waals surface area contributed by atoms with Crippen molar-refractivity contribution in [3.8, 4) is 0 Å². The Morgan fingerprint density at radius 2 is 1.76 bits per heavy atom. The molecule has 1 aliphatic rings. The quantitative estimate of drug-likeness (QED) is 0.569. The summed E-state index contributed by atoms with van der Waals surface area (Å²) in [5.74, 6) is 1.86. The Hall–Kier alpha value is -3.60. The highest BCUT2D eigenvalue weighted by atomic mass is 35.5. The molecule has 3 heterocycles. The summed E-state index contributed by atoms with van der Waals surface area (Å²) in [4.78, 5) is 20.2. The summed E-state index contributed by atoms with van der Waals surface area (Å²) < 4.78 is 38.8. The van der Waals surface area contributed by atoms with Gasteiger partial charge in [-0.1, -0.05) is 17.7 Å². The molecule has 2 aromatic heterocycles. The number of alkyl halides is 3. The molecule has 1 aromatic carbocycles. The van der Waals surface area contributed by atoms with Gasteiger partial charge in [-0.05, 0) is 42.5 Å². The molecular formula is C21H19ClF3N7O. The Kier molecular flexibility index (Phi) is 6.50. The Labute approximate surface area is 192 Å². The molecule has 1 fully saturated rings. The third kappa shape index (κ3) is 5.61. The van der Waals surface area contributed by atoms with Crippen molar-refractivity contribution in [2.24, 2.45) is 0 Å². The number of urea groups is 1. The lowest BCUT2D eigenvalue weighted by molar-refractivity contribution is -0.137. The van der Waals surface area contributed by atoms with Crippen LogP contribution in [0.5, 0.6) is 0 Å². The average Bonchev–Trinajstić information content (AvgIpc) is 2.81. The Morgan fingerprint density at radius 3 is 2.39 bits per heavy atom. The average molecular weight is 478 g/mol. The molecule has 172 valence electrons. The van der Waals surface area contributed by atoms with E-state index in [4.69, 9.17) is 11.6 Å². The van der Waals surface area contributed by atoms with Gasteiger partial charge >= 0.3 is 12.2 Å². The van der Waals surface area contributed by atoms with Crippen LogP contribution in [0.4, 0.5) is 41.1 Å². The number of amides is 2. The lowest BCUT2D eigenvalue weighted by Gasteiger charge is -2.35. The minimum absolute atomic E-state index is 0.0321. The number of nitrogens with zero attached hydrogens (tertiary/aromatic N) is 5. The predicted molar refractivity (Wildman–Crippen MR) is 119 cm³/mol. The summed E-state index contributed by atoms with van der Waals surface area (Å²) in [6.45, 7) is 1.70. The molecule has 0 aliphatic carbocycles. The van der Waals surface area contributed by atoms with Crippen LogP contribution in [-0.2, 0) is 6.18 Å². The number of hydrogen-bond donors (Lipinski definition) is 2. The molecule has 0 unspecified atom stereocenters. The second-order valence-electron chi connectivity index (χ2n) is 7.21. The van der Waals surface area contributed by atoms with Crippen LogP contribution in [-0.4, -0.2) is 52.3 Å². The molecule has 33 heavy (non-hydrogen) atoms. The molecule has 0 saturated carbocycles. The third-order valence-corrected chi connectivity index (χ3v) is 5.33. The number of halogens is 4. The van der Waals surface area contributed by atoms with Gasteiger partial charge in [-0.15, -0.1) is 10.2 Å². The minimum Gasteiger partial charge on any atom is -0.352 e. The topological polar surface area (TPSA) is 86.3 Å². The molecule has 1 aliphatic heterocycles. The van der Waals surface area contributed by atoms with Crippen LogP contribution >= 0.6 is 11.6 Å². The van der Waals surface area contributed by atoms with Crippen LogP contribution in [0.1, 0.15) is 5.56 Å². The molecule has 2 amide bonds. The van der Waals surface area contributed by atoms with E-state index < -0.39 is 17.8 Å². The lowest BCUT2D eigenvalue weighted by atomic mass is 10.2. The van der Waals surface area contributed by atoms with E-state index in [9.17, 15) is 18.0 Å². The van der Waals surface area contributed by atoms with Gasteiger partial charge in [-0.2, -0.15) is 13.2 Å². The maximum atomic E-state index is 12.9. The van der Waals surface area contributed by atoms with Gasteiger partial charge in [0.15, 0.2) is 11.6 Å². The third-order valence-electron chi connectivity index (χ3n) is 5.00. The molecule has 4 rings (SSSR count). The van der Waals surface area contributed by atoms with Crippen LogP contribution < -0.4 is 15.5 Å². The Bertz CT molecular complexity index is 1110. The largest absolute Gasteiger partial charge is 0.416 e. The van der Waals surface area contributed by atoms with Gasteiger partial charge in [0, 0.05) is 32.4 Å². The predicted octanol–water partition coefficient (Wildman–Crippen LogP) is 4.64. The molecule has 12 heteroatoms. The fraction of sp³-hybridized carbons (Fsp3) is 0.238. The first-order valence-electron chi connectivity index (χ1n) is 9.99. The van der Waals surface area contributed by atoms with E-state index in [-0.39, 0.29) is 10.7 Å². The van der Waals surface area contributed by atoms with Crippen molar-refractivity contribution in [1.29, 1.82) is 0 Å². The zero-order valence-corrected chi connectivity index (χ0v) is 17.9. The highest BCUT2D eigenvalue weighted by Crippen LogP contribution is 2.34. The van der Waals surface area contributed by atoms with E-state index in [0.717, 1.165) is 18.2 Å². The number of anilines is 4. The summed E-state index contributed by atoms with van der Waals surface area (Å²) in [5.41, 5.74) is -0.965. The van der Waals surface area contributed by atoms with Crippen LogP contribution in [0.2, 0.25) is 5.02 Å². The van der Waals surface area contributed by atoms with Gasteiger partial charge in [0.05, 0.1) is 16.3 Å². The maximum Gasteiger partial charge on any atom is 0.416 e. The van der Waals surface area contributed by atoms with E-state index >= 15 is 0 Å². The van der Waals surface area contributed by atoms with Crippen LogP contribution in [0.25, 0.3) is 0 Å². The Balaban J connectivity index is 1.33. The molecule has 3 aromatic rings. The first-order valence-corrected chi connectivity index (χ1v) is 10.4. The summed E-state index contributed by atoms with van der Waals surface area (Å²) in [7, 11) is 0. The number of hydrogen-bond acceptors (Lipinski definition) is 6. The second-order valence-corrected chi connectivity index (χ2v) is 7.62. The molecular weight excluding hydrogens is 459 g/mol. The van der Waals surface area contributed by atoms with E-state index in [1.54, 1.807) is 12.3 Å². The first-order chi connectivity index (χ1) is 15.8. The van der Waals surface area contributed by atoms with Gasteiger partial charge in [0.25, 0.3) is 0 Å². The SMILES string of the molecule is O=C(Nc1cc(C(F)(F)F)ccc1Cl)N1CCN(c2ccc(Nc3ccccn3)nn2)CC1. The van der Waals surface area contributed by atoms with E-state index in [2.05, 4.69) is 25.8 Å². The number of carbonyl (C=O) groups excluding carboxylic acids is 1. The fourth-order valence-corrected chi connectivity index (χ4v) is 3.42. The van der Waals surface area contributed by atoms with Crippen molar-refractivity contribution in [2.75, 3.05) is 41.7 Å². The standard InChI is InChI=1S/C21H19ClF3N7O/c22-15-5-4-14(21(23,24)25)13-16(15)27-20(33)32-11-9-31(10-12-32)19-7-6-18(29-30-19)28-17-3-1-2-8-26-17/h1-8,13H,9-12H2,(H,27,33)(H,26,28,29). The number of pyridine rings is 1. The van der Waals surface area contributed by atoms with Crippen molar-refractivity contribution in [3.05, 3.63) is 65.3 Å². The fourth-order valence-electron chi connectivity index (χ4n) is 3.26. The van der Waals surface area contributed by atoms with E-state index in [1.165, 1.54) is 4.90 Å². The summed E-state index contributed by atoms with van der Waals surface area (Å²) in [6, 6.07) is 11.4.